The lowest BCUT2D eigenvalue weighted by molar-refractivity contribution is -0.165. The molecule has 1 heterocycles. The molecule has 74 valence electrons. The Hall–Kier alpha value is -0.570. The molecule has 3 heteroatoms. The molecule has 1 aliphatic heterocycles. The summed E-state index contributed by atoms with van der Waals surface area (Å²) in [5.74, 6) is 0.367. The van der Waals surface area contributed by atoms with E-state index in [0.29, 0.717) is 12.0 Å². The van der Waals surface area contributed by atoms with Crippen molar-refractivity contribution in [1.29, 1.82) is 0 Å². The molecule has 1 saturated carbocycles. The average molecular weight is 184 g/mol. The first kappa shape index (κ1) is 9.00. The minimum Gasteiger partial charge on any atom is -0.467 e. The minimum atomic E-state index is -0.662. The van der Waals surface area contributed by atoms with Crippen molar-refractivity contribution < 1.29 is 14.3 Å². The zero-order chi connectivity index (χ0) is 9.47. The summed E-state index contributed by atoms with van der Waals surface area (Å²) < 4.78 is 10.5. The molecular weight excluding hydrogens is 168 g/mol. The van der Waals surface area contributed by atoms with Crippen molar-refractivity contribution in [1.82, 2.24) is 0 Å². The minimum absolute atomic E-state index is 0.220. The van der Waals surface area contributed by atoms with E-state index in [1.165, 1.54) is 20.0 Å². The van der Waals surface area contributed by atoms with Crippen LogP contribution in [0.5, 0.6) is 0 Å². The van der Waals surface area contributed by atoms with Crippen molar-refractivity contribution in [3.05, 3.63) is 0 Å². The maximum absolute atomic E-state index is 11.4. The van der Waals surface area contributed by atoms with E-state index >= 15 is 0 Å². The zero-order valence-electron chi connectivity index (χ0n) is 8.21. The summed E-state index contributed by atoms with van der Waals surface area (Å²) in [7, 11) is 1.42. The highest BCUT2D eigenvalue weighted by Crippen LogP contribution is 2.44. The molecule has 0 aromatic heterocycles. The normalized spacial score (nSPS) is 43.2. The number of fused-ring (bicyclic) bond motifs is 1. The van der Waals surface area contributed by atoms with Crippen LogP contribution in [-0.2, 0) is 14.3 Å². The highest BCUT2D eigenvalue weighted by molar-refractivity contribution is 5.79. The molecule has 0 aromatic rings. The van der Waals surface area contributed by atoms with E-state index in [-0.39, 0.29) is 5.97 Å². The van der Waals surface area contributed by atoms with Gasteiger partial charge < -0.3 is 9.47 Å². The van der Waals surface area contributed by atoms with Gasteiger partial charge in [-0.15, -0.1) is 0 Å². The SMILES string of the molecule is COC(=O)[C@@]1(C)C[C@H]2CCC[C@H]2O1. The lowest BCUT2D eigenvalue weighted by Crippen LogP contribution is -2.36. The van der Waals surface area contributed by atoms with Gasteiger partial charge in [0.25, 0.3) is 0 Å². The number of carbonyl (C=O) groups excluding carboxylic acids is 1. The van der Waals surface area contributed by atoms with Gasteiger partial charge in [-0.05, 0) is 32.1 Å². The summed E-state index contributed by atoms with van der Waals surface area (Å²) in [5, 5.41) is 0. The lowest BCUT2D eigenvalue weighted by atomic mass is 9.94. The van der Waals surface area contributed by atoms with Crippen LogP contribution in [0.4, 0.5) is 0 Å². The molecule has 1 aliphatic carbocycles. The number of hydrogen-bond acceptors (Lipinski definition) is 3. The van der Waals surface area contributed by atoms with Crippen molar-refractivity contribution in [3.63, 3.8) is 0 Å². The monoisotopic (exact) mass is 184 g/mol. The fourth-order valence-electron chi connectivity index (χ4n) is 2.62. The topological polar surface area (TPSA) is 35.5 Å². The van der Waals surface area contributed by atoms with Gasteiger partial charge in [-0.25, -0.2) is 4.79 Å². The second kappa shape index (κ2) is 2.98. The fourth-order valence-corrected chi connectivity index (χ4v) is 2.62. The summed E-state index contributed by atoms with van der Waals surface area (Å²) >= 11 is 0. The van der Waals surface area contributed by atoms with Crippen LogP contribution in [0.2, 0.25) is 0 Å². The average Bonchev–Trinajstić information content (AvgIpc) is 2.61. The molecule has 0 amide bonds. The van der Waals surface area contributed by atoms with Gasteiger partial charge in [-0.2, -0.15) is 0 Å². The molecule has 2 rings (SSSR count). The molecule has 0 unspecified atom stereocenters. The second-order valence-electron chi connectivity index (χ2n) is 4.27. The van der Waals surface area contributed by atoms with Crippen LogP contribution in [0.3, 0.4) is 0 Å². The van der Waals surface area contributed by atoms with Crippen molar-refractivity contribution in [3.8, 4) is 0 Å². The van der Waals surface area contributed by atoms with E-state index in [1.807, 2.05) is 6.92 Å². The number of carbonyl (C=O) groups is 1. The Morgan fingerprint density at radius 2 is 2.31 bits per heavy atom. The lowest BCUT2D eigenvalue weighted by Gasteiger charge is -2.21. The Morgan fingerprint density at radius 1 is 1.54 bits per heavy atom. The van der Waals surface area contributed by atoms with Crippen molar-refractivity contribution in [2.24, 2.45) is 5.92 Å². The van der Waals surface area contributed by atoms with E-state index in [0.717, 1.165) is 12.8 Å². The summed E-state index contributed by atoms with van der Waals surface area (Å²) in [6.45, 7) is 1.84. The van der Waals surface area contributed by atoms with Gasteiger partial charge in [0.1, 0.15) is 0 Å². The first-order valence-corrected chi connectivity index (χ1v) is 4.92. The highest BCUT2D eigenvalue weighted by atomic mass is 16.6. The quantitative estimate of drug-likeness (QED) is 0.579. The van der Waals surface area contributed by atoms with Crippen LogP contribution < -0.4 is 0 Å². The van der Waals surface area contributed by atoms with E-state index < -0.39 is 5.60 Å². The molecule has 3 atom stereocenters. The van der Waals surface area contributed by atoms with Gasteiger partial charge in [0, 0.05) is 0 Å². The van der Waals surface area contributed by atoms with Gasteiger partial charge in [-0.3, -0.25) is 0 Å². The third-order valence-electron chi connectivity index (χ3n) is 3.27. The maximum atomic E-state index is 11.4. The van der Waals surface area contributed by atoms with E-state index in [1.54, 1.807) is 0 Å². The molecule has 13 heavy (non-hydrogen) atoms. The molecule has 2 aliphatic rings. The van der Waals surface area contributed by atoms with Gasteiger partial charge in [0.2, 0.25) is 0 Å². The molecule has 0 aromatic carbocycles. The van der Waals surface area contributed by atoms with Crippen LogP contribution in [0.1, 0.15) is 32.6 Å². The smallest absolute Gasteiger partial charge is 0.337 e. The fraction of sp³-hybridized carbons (Fsp3) is 0.900. The molecule has 0 spiro atoms. The largest absolute Gasteiger partial charge is 0.467 e. The maximum Gasteiger partial charge on any atom is 0.337 e. The summed E-state index contributed by atoms with van der Waals surface area (Å²) in [6, 6.07) is 0. The van der Waals surface area contributed by atoms with Crippen LogP contribution in [0.25, 0.3) is 0 Å². The molecule has 0 N–H and O–H groups in total. The third kappa shape index (κ3) is 1.35. The summed E-state index contributed by atoms with van der Waals surface area (Å²) in [5.41, 5.74) is -0.662. The Morgan fingerprint density at radius 3 is 2.92 bits per heavy atom. The predicted molar refractivity (Wildman–Crippen MR) is 47.3 cm³/mol. The molecule has 3 nitrogen and oxygen atoms in total. The summed E-state index contributed by atoms with van der Waals surface area (Å²) in [6.07, 6.45) is 4.70. The van der Waals surface area contributed by atoms with E-state index in [4.69, 9.17) is 9.47 Å². The van der Waals surface area contributed by atoms with Crippen LogP contribution in [0.15, 0.2) is 0 Å². The molecule has 0 radical (unpaired) electrons. The molecule has 1 saturated heterocycles. The molecule has 0 bridgehead atoms. The Bertz CT molecular complexity index is 212. The van der Waals surface area contributed by atoms with Crippen molar-refractivity contribution >= 4 is 5.97 Å². The predicted octanol–water partition coefficient (Wildman–Crippen LogP) is 1.51. The first-order chi connectivity index (χ1) is 6.15. The molecular formula is C10H16O3. The summed E-state index contributed by atoms with van der Waals surface area (Å²) in [4.78, 5) is 11.4. The van der Waals surface area contributed by atoms with E-state index in [2.05, 4.69) is 0 Å². The number of rotatable bonds is 1. The first-order valence-electron chi connectivity index (χ1n) is 4.92. The van der Waals surface area contributed by atoms with Gasteiger partial charge >= 0.3 is 5.97 Å². The Balaban J connectivity index is 2.08. The van der Waals surface area contributed by atoms with Crippen molar-refractivity contribution in [2.45, 2.75) is 44.3 Å². The Kier molecular flexibility index (Phi) is 2.06. The number of esters is 1. The van der Waals surface area contributed by atoms with E-state index in [9.17, 15) is 4.79 Å². The Labute approximate surface area is 78.4 Å². The zero-order valence-corrected chi connectivity index (χ0v) is 8.21. The number of hydrogen-bond donors (Lipinski definition) is 0. The van der Waals surface area contributed by atoms with Crippen LogP contribution in [-0.4, -0.2) is 24.8 Å². The highest BCUT2D eigenvalue weighted by Gasteiger charge is 2.50. The standard InChI is InChI=1S/C10H16O3/c1-10(9(11)12-2)6-7-4-3-5-8(7)13-10/h7-8H,3-6H2,1-2H3/t7-,8-,10-/m1/s1. The van der Waals surface area contributed by atoms with Gasteiger partial charge in [-0.1, -0.05) is 6.42 Å². The third-order valence-corrected chi connectivity index (χ3v) is 3.27. The number of methoxy groups -OCH3 is 1. The van der Waals surface area contributed by atoms with Crippen molar-refractivity contribution in [2.75, 3.05) is 7.11 Å². The van der Waals surface area contributed by atoms with Crippen LogP contribution >= 0.6 is 0 Å². The molecule has 2 fully saturated rings. The van der Waals surface area contributed by atoms with Gasteiger partial charge in [0.15, 0.2) is 5.60 Å². The second-order valence-corrected chi connectivity index (χ2v) is 4.27. The van der Waals surface area contributed by atoms with Crippen LogP contribution in [0, 0.1) is 5.92 Å². The number of ether oxygens (including phenoxy) is 2. The van der Waals surface area contributed by atoms with Gasteiger partial charge in [0.05, 0.1) is 13.2 Å².